The van der Waals surface area contributed by atoms with Crippen molar-refractivity contribution in [2.75, 3.05) is 24.5 Å². The molecule has 1 heterocycles. The van der Waals surface area contributed by atoms with Crippen LogP contribution in [0.1, 0.15) is 51.0 Å². The number of carbonyl (C=O) groups excluding carboxylic acids is 1. The molecule has 1 saturated heterocycles. The van der Waals surface area contributed by atoms with E-state index in [0.717, 1.165) is 37.4 Å². The number of anilines is 1. The molecule has 1 atom stereocenters. The van der Waals surface area contributed by atoms with Crippen molar-refractivity contribution in [2.24, 2.45) is 17.8 Å². The predicted octanol–water partition coefficient (Wildman–Crippen LogP) is 4.18. The molecule has 5 aliphatic rings. The van der Waals surface area contributed by atoms with E-state index in [1.54, 1.807) is 0 Å². The highest BCUT2D eigenvalue weighted by atomic mass is 16.2. The van der Waals surface area contributed by atoms with Crippen LogP contribution in [0.15, 0.2) is 24.3 Å². The Hall–Kier alpha value is -1.71. The predicted molar refractivity (Wildman–Crippen MR) is 109 cm³/mol. The van der Waals surface area contributed by atoms with Crippen molar-refractivity contribution in [3.63, 3.8) is 0 Å². The van der Waals surface area contributed by atoms with E-state index >= 15 is 0 Å². The average molecular weight is 368 g/mol. The Kier molecular flexibility index (Phi) is 4.14. The second-order valence-corrected chi connectivity index (χ2v) is 9.95. The summed E-state index contributed by atoms with van der Waals surface area (Å²) in [6.45, 7) is 6.91. The highest BCUT2D eigenvalue weighted by molar-refractivity contribution is 5.75. The second kappa shape index (κ2) is 6.42. The molecule has 4 saturated carbocycles. The molecule has 1 unspecified atom stereocenters. The third-order valence-corrected chi connectivity index (χ3v) is 7.69. The fraction of sp³-hybridized carbons (Fsp3) is 0.696. The van der Waals surface area contributed by atoms with Crippen LogP contribution < -0.4 is 10.2 Å². The van der Waals surface area contributed by atoms with Crippen molar-refractivity contribution in [2.45, 2.75) is 64.0 Å². The minimum atomic E-state index is 0.114. The normalized spacial score (nSPS) is 37.6. The van der Waals surface area contributed by atoms with E-state index in [1.165, 1.54) is 49.8 Å². The van der Waals surface area contributed by atoms with Crippen LogP contribution in [0.4, 0.5) is 10.5 Å². The van der Waals surface area contributed by atoms with Crippen molar-refractivity contribution in [1.82, 2.24) is 10.2 Å². The van der Waals surface area contributed by atoms with Crippen LogP contribution in [0.2, 0.25) is 0 Å². The molecule has 4 aliphatic carbocycles. The Morgan fingerprint density at radius 2 is 1.59 bits per heavy atom. The molecule has 2 amide bonds. The smallest absolute Gasteiger partial charge is 0.317 e. The highest BCUT2D eigenvalue weighted by Gasteiger charge is 2.52. The van der Waals surface area contributed by atoms with Gasteiger partial charge in [-0.3, -0.25) is 0 Å². The zero-order chi connectivity index (χ0) is 18.6. The summed E-state index contributed by atoms with van der Waals surface area (Å²) in [5, 5.41) is 3.55. The maximum absolute atomic E-state index is 13.1. The number of aryl methyl sites for hydroxylation is 1. The maximum atomic E-state index is 13.1. The van der Waals surface area contributed by atoms with Crippen LogP contribution in [0.25, 0.3) is 0 Å². The lowest BCUT2D eigenvalue weighted by atomic mass is 9.53. The summed E-state index contributed by atoms with van der Waals surface area (Å²) < 4.78 is 0. The van der Waals surface area contributed by atoms with Crippen LogP contribution in [-0.4, -0.2) is 42.1 Å². The van der Waals surface area contributed by atoms with Crippen molar-refractivity contribution in [1.29, 1.82) is 0 Å². The number of piperazine rings is 1. The average Bonchev–Trinajstić information content (AvgIpc) is 2.61. The molecule has 27 heavy (non-hydrogen) atoms. The molecule has 146 valence electrons. The van der Waals surface area contributed by atoms with E-state index in [2.05, 4.69) is 53.2 Å². The fourth-order valence-electron chi connectivity index (χ4n) is 6.83. The molecule has 5 fully saturated rings. The van der Waals surface area contributed by atoms with Crippen molar-refractivity contribution >= 4 is 11.7 Å². The summed E-state index contributed by atoms with van der Waals surface area (Å²) in [5.41, 5.74) is 2.68. The molecule has 6 rings (SSSR count). The summed E-state index contributed by atoms with van der Waals surface area (Å²) >= 11 is 0. The standard InChI is InChI=1S/C23H33N3O/c1-16-3-5-21(6-4-16)26-8-7-25(15-17(26)2)22(27)24-23-12-18-9-19(13-23)11-20(10-18)14-23/h3-6,17-20H,7-15H2,1-2H3,(H,24,27). The van der Waals surface area contributed by atoms with Gasteiger partial charge in [0.1, 0.15) is 0 Å². The number of carbonyl (C=O) groups is 1. The molecule has 0 aromatic heterocycles. The van der Waals surface area contributed by atoms with E-state index in [-0.39, 0.29) is 11.6 Å². The van der Waals surface area contributed by atoms with Gasteiger partial charge < -0.3 is 15.1 Å². The molecule has 0 spiro atoms. The number of hydrogen-bond acceptors (Lipinski definition) is 2. The van der Waals surface area contributed by atoms with Gasteiger partial charge in [0.15, 0.2) is 0 Å². The molecule has 1 aromatic carbocycles. The number of nitrogens with one attached hydrogen (secondary N) is 1. The Morgan fingerprint density at radius 1 is 1.00 bits per heavy atom. The Labute approximate surface area is 163 Å². The first kappa shape index (κ1) is 17.4. The van der Waals surface area contributed by atoms with E-state index in [0.29, 0.717) is 6.04 Å². The van der Waals surface area contributed by atoms with Gasteiger partial charge >= 0.3 is 6.03 Å². The van der Waals surface area contributed by atoms with Gasteiger partial charge in [-0.1, -0.05) is 17.7 Å². The van der Waals surface area contributed by atoms with Crippen LogP contribution in [-0.2, 0) is 0 Å². The summed E-state index contributed by atoms with van der Waals surface area (Å²) in [7, 11) is 0. The van der Waals surface area contributed by atoms with Crippen molar-refractivity contribution in [3.05, 3.63) is 29.8 Å². The summed E-state index contributed by atoms with van der Waals surface area (Å²) in [6.07, 6.45) is 7.93. The van der Waals surface area contributed by atoms with Gasteiger partial charge in [0.25, 0.3) is 0 Å². The highest BCUT2D eigenvalue weighted by Crippen LogP contribution is 2.55. The van der Waals surface area contributed by atoms with E-state index in [9.17, 15) is 4.79 Å². The number of urea groups is 1. The van der Waals surface area contributed by atoms with Gasteiger partial charge in [-0.25, -0.2) is 4.79 Å². The summed E-state index contributed by atoms with van der Waals surface area (Å²) in [5.74, 6) is 2.61. The molecule has 0 radical (unpaired) electrons. The topological polar surface area (TPSA) is 35.6 Å². The number of rotatable bonds is 2. The lowest BCUT2D eigenvalue weighted by Crippen LogP contribution is -2.64. The molecule has 1 aliphatic heterocycles. The van der Waals surface area contributed by atoms with Gasteiger partial charge in [0, 0.05) is 36.9 Å². The molecule has 1 N–H and O–H groups in total. The first-order valence-corrected chi connectivity index (χ1v) is 10.9. The van der Waals surface area contributed by atoms with Gasteiger partial charge in [0.2, 0.25) is 0 Å². The van der Waals surface area contributed by atoms with Crippen molar-refractivity contribution in [3.8, 4) is 0 Å². The molecule has 4 bridgehead atoms. The minimum Gasteiger partial charge on any atom is -0.365 e. The SMILES string of the molecule is Cc1ccc(N2CCN(C(=O)NC34CC5CC(CC(C5)C3)C4)CC2C)cc1. The van der Waals surface area contributed by atoms with Gasteiger partial charge in [-0.2, -0.15) is 0 Å². The van der Waals surface area contributed by atoms with Crippen LogP contribution in [0.5, 0.6) is 0 Å². The van der Waals surface area contributed by atoms with Crippen LogP contribution in [0.3, 0.4) is 0 Å². The first-order valence-electron chi connectivity index (χ1n) is 10.9. The van der Waals surface area contributed by atoms with Crippen molar-refractivity contribution < 1.29 is 4.79 Å². The Balaban J connectivity index is 1.23. The van der Waals surface area contributed by atoms with E-state index in [1.807, 2.05) is 0 Å². The number of hydrogen-bond donors (Lipinski definition) is 1. The molecule has 1 aromatic rings. The minimum absolute atomic E-state index is 0.114. The fourth-order valence-corrected chi connectivity index (χ4v) is 6.83. The summed E-state index contributed by atoms with van der Waals surface area (Å²) in [4.78, 5) is 17.6. The number of benzene rings is 1. The van der Waals surface area contributed by atoms with Gasteiger partial charge in [0.05, 0.1) is 0 Å². The largest absolute Gasteiger partial charge is 0.365 e. The lowest BCUT2D eigenvalue weighted by molar-refractivity contribution is -0.0159. The molecular weight excluding hydrogens is 334 g/mol. The number of nitrogens with zero attached hydrogens (tertiary/aromatic N) is 2. The maximum Gasteiger partial charge on any atom is 0.317 e. The number of amides is 2. The third-order valence-electron chi connectivity index (χ3n) is 7.69. The van der Waals surface area contributed by atoms with Gasteiger partial charge in [-0.15, -0.1) is 0 Å². The lowest BCUT2D eigenvalue weighted by Gasteiger charge is -2.57. The molecule has 4 heteroatoms. The summed E-state index contributed by atoms with van der Waals surface area (Å²) in [6, 6.07) is 9.30. The monoisotopic (exact) mass is 367 g/mol. The zero-order valence-corrected chi connectivity index (χ0v) is 16.8. The molecule has 4 nitrogen and oxygen atoms in total. The van der Waals surface area contributed by atoms with E-state index in [4.69, 9.17) is 0 Å². The van der Waals surface area contributed by atoms with Gasteiger partial charge in [-0.05, 0) is 82.3 Å². The zero-order valence-electron chi connectivity index (χ0n) is 16.8. The van der Waals surface area contributed by atoms with Crippen LogP contribution >= 0.6 is 0 Å². The Bertz CT molecular complexity index is 678. The quantitative estimate of drug-likeness (QED) is 0.851. The first-order chi connectivity index (χ1) is 13.0. The second-order valence-electron chi connectivity index (χ2n) is 9.95. The Morgan fingerprint density at radius 3 is 2.15 bits per heavy atom. The van der Waals surface area contributed by atoms with Crippen LogP contribution in [0, 0.1) is 24.7 Å². The van der Waals surface area contributed by atoms with E-state index < -0.39 is 0 Å². The molecular formula is C23H33N3O. The third kappa shape index (κ3) is 3.21.